The maximum atomic E-state index is 12.8. The summed E-state index contributed by atoms with van der Waals surface area (Å²) in [6.45, 7) is 2.17. The summed E-state index contributed by atoms with van der Waals surface area (Å²) >= 11 is 0. The molecule has 0 aliphatic carbocycles. The van der Waals surface area contributed by atoms with Crippen molar-refractivity contribution >= 4 is 19.9 Å². The minimum Gasteiger partial charge on any atom is -0.275 e. The lowest BCUT2D eigenvalue weighted by Crippen LogP contribution is -2.30. The molecule has 2 rings (SSSR count). The van der Waals surface area contributed by atoms with Gasteiger partial charge in [0.2, 0.25) is 10.0 Å². The molecule has 126 valence electrons. The number of aromatic nitrogens is 2. The minimum atomic E-state index is -3.79. The van der Waals surface area contributed by atoms with E-state index in [9.17, 15) is 16.8 Å². The minimum absolute atomic E-state index is 0.0176. The van der Waals surface area contributed by atoms with Gasteiger partial charge in [-0.25, -0.2) is 16.8 Å². The summed E-state index contributed by atoms with van der Waals surface area (Å²) in [5.74, 6) is 0. The van der Waals surface area contributed by atoms with E-state index in [4.69, 9.17) is 0 Å². The number of nitrogens with zero attached hydrogens (tertiary/aromatic N) is 3. The number of hydrogen-bond acceptors (Lipinski definition) is 5. The topological polar surface area (TPSA) is 89.3 Å². The van der Waals surface area contributed by atoms with Crippen LogP contribution in [-0.4, -0.2) is 43.7 Å². The average Bonchev–Trinajstić information content (AvgIpc) is 2.89. The van der Waals surface area contributed by atoms with Crippen molar-refractivity contribution in [3.8, 4) is 0 Å². The van der Waals surface area contributed by atoms with Gasteiger partial charge in [-0.05, 0) is 18.2 Å². The molecule has 2 aromatic rings. The highest BCUT2D eigenvalue weighted by Gasteiger charge is 2.24. The SMILES string of the molecule is CCN(Cc1cnn(C)c1)S(=O)(=O)c1cccc(S(C)(=O)=O)c1. The molecular formula is C14H19N3O4S2. The van der Waals surface area contributed by atoms with Crippen LogP contribution in [0.25, 0.3) is 0 Å². The van der Waals surface area contributed by atoms with Gasteiger partial charge in [0, 0.05) is 38.2 Å². The molecule has 0 aliphatic heterocycles. The Hall–Kier alpha value is -1.71. The molecule has 0 bridgehead atoms. The predicted octanol–water partition coefficient (Wildman–Crippen LogP) is 1.03. The fraction of sp³-hybridized carbons (Fsp3) is 0.357. The highest BCUT2D eigenvalue weighted by Crippen LogP contribution is 2.21. The summed E-state index contributed by atoms with van der Waals surface area (Å²) in [7, 11) is -5.51. The van der Waals surface area contributed by atoms with E-state index < -0.39 is 19.9 Å². The molecule has 23 heavy (non-hydrogen) atoms. The van der Waals surface area contributed by atoms with Gasteiger partial charge in [0.1, 0.15) is 0 Å². The Morgan fingerprint density at radius 3 is 2.35 bits per heavy atom. The molecule has 1 aromatic heterocycles. The number of aryl methyl sites for hydroxylation is 1. The monoisotopic (exact) mass is 357 g/mol. The van der Waals surface area contributed by atoms with E-state index in [0.29, 0.717) is 0 Å². The maximum absolute atomic E-state index is 12.8. The lowest BCUT2D eigenvalue weighted by molar-refractivity contribution is 0.423. The first kappa shape index (κ1) is 17.6. The summed E-state index contributed by atoms with van der Waals surface area (Å²) in [6, 6.07) is 5.40. The van der Waals surface area contributed by atoms with E-state index in [1.165, 1.54) is 28.6 Å². The van der Waals surface area contributed by atoms with Crippen LogP contribution >= 0.6 is 0 Å². The van der Waals surface area contributed by atoms with Gasteiger partial charge in [0.15, 0.2) is 9.84 Å². The standard InChI is InChI=1S/C14H19N3O4S2/c1-4-17(11-12-9-15-16(2)10-12)23(20,21)14-7-5-6-13(8-14)22(3,18)19/h5-10H,4,11H2,1-3H3. The van der Waals surface area contributed by atoms with Crippen LogP contribution in [0.5, 0.6) is 0 Å². The molecule has 1 aromatic carbocycles. The summed E-state index contributed by atoms with van der Waals surface area (Å²) < 4.78 is 51.6. The number of sulfonamides is 1. The average molecular weight is 357 g/mol. The first-order chi connectivity index (χ1) is 10.6. The van der Waals surface area contributed by atoms with Crippen LogP contribution in [0.1, 0.15) is 12.5 Å². The first-order valence-electron chi connectivity index (χ1n) is 6.92. The second-order valence-electron chi connectivity index (χ2n) is 5.20. The third-order valence-electron chi connectivity index (χ3n) is 3.34. The molecular weight excluding hydrogens is 338 g/mol. The molecule has 0 atom stereocenters. The summed E-state index contributed by atoms with van der Waals surface area (Å²) in [6.07, 6.45) is 4.39. The van der Waals surface area contributed by atoms with Gasteiger partial charge >= 0.3 is 0 Å². The molecule has 0 radical (unpaired) electrons. The lowest BCUT2D eigenvalue weighted by atomic mass is 10.3. The Kier molecular flexibility index (Phi) is 4.92. The molecule has 7 nitrogen and oxygen atoms in total. The van der Waals surface area contributed by atoms with Crippen LogP contribution in [0.3, 0.4) is 0 Å². The van der Waals surface area contributed by atoms with Crippen molar-refractivity contribution < 1.29 is 16.8 Å². The molecule has 0 aliphatic rings. The van der Waals surface area contributed by atoms with E-state index in [1.807, 2.05) is 0 Å². The smallest absolute Gasteiger partial charge is 0.243 e. The molecule has 9 heteroatoms. The first-order valence-corrected chi connectivity index (χ1v) is 10.3. The Bertz CT molecular complexity index is 902. The van der Waals surface area contributed by atoms with Crippen LogP contribution in [0.2, 0.25) is 0 Å². The summed E-state index contributed by atoms with van der Waals surface area (Å²) in [5, 5.41) is 4.02. The van der Waals surface area contributed by atoms with Crippen molar-refractivity contribution in [3.05, 3.63) is 42.2 Å². The largest absolute Gasteiger partial charge is 0.275 e. The lowest BCUT2D eigenvalue weighted by Gasteiger charge is -2.20. The highest BCUT2D eigenvalue weighted by molar-refractivity contribution is 7.91. The quantitative estimate of drug-likeness (QED) is 0.770. The molecule has 0 fully saturated rings. The van der Waals surface area contributed by atoms with Gasteiger partial charge in [0.05, 0.1) is 16.0 Å². The summed E-state index contributed by atoms with van der Waals surface area (Å²) in [5.41, 5.74) is 0.761. The van der Waals surface area contributed by atoms with Gasteiger partial charge < -0.3 is 0 Å². The number of hydrogen-bond donors (Lipinski definition) is 0. The zero-order valence-electron chi connectivity index (χ0n) is 13.2. The second kappa shape index (κ2) is 6.42. The van der Waals surface area contributed by atoms with Gasteiger partial charge in [0.25, 0.3) is 0 Å². The molecule has 0 N–H and O–H groups in total. The third kappa shape index (κ3) is 3.98. The van der Waals surface area contributed by atoms with E-state index in [1.54, 1.807) is 31.0 Å². The number of rotatable bonds is 6. The zero-order chi connectivity index (χ0) is 17.3. The molecule has 0 spiro atoms. The Labute approximate surface area is 136 Å². The molecule has 1 heterocycles. The maximum Gasteiger partial charge on any atom is 0.243 e. The zero-order valence-corrected chi connectivity index (χ0v) is 14.8. The van der Waals surface area contributed by atoms with Crippen LogP contribution in [0.4, 0.5) is 0 Å². The molecule has 0 saturated carbocycles. The van der Waals surface area contributed by atoms with Crippen molar-refractivity contribution in [2.45, 2.75) is 23.3 Å². The van der Waals surface area contributed by atoms with Gasteiger partial charge in [-0.3, -0.25) is 4.68 Å². The van der Waals surface area contributed by atoms with Gasteiger partial charge in [-0.1, -0.05) is 13.0 Å². The molecule has 0 saturated heterocycles. The van der Waals surface area contributed by atoms with E-state index >= 15 is 0 Å². The number of sulfone groups is 1. The number of benzene rings is 1. The molecule has 0 amide bonds. The van der Waals surface area contributed by atoms with Crippen molar-refractivity contribution in [1.29, 1.82) is 0 Å². The third-order valence-corrected chi connectivity index (χ3v) is 6.37. The van der Waals surface area contributed by atoms with Crippen molar-refractivity contribution in [3.63, 3.8) is 0 Å². The Morgan fingerprint density at radius 1 is 1.17 bits per heavy atom. The van der Waals surface area contributed by atoms with Crippen LogP contribution in [0.15, 0.2) is 46.5 Å². The normalized spacial score (nSPS) is 12.7. The van der Waals surface area contributed by atoms with Crippen LogP contribution < -0.4 is 0 Å². The van der Waals surface area contributed by atoms with Gasteiger partial charge in [-0.15, -0.1) is 0 Å². The predicted molar refractivity (Wildman–Crippen MR) is 86.0 cm³/mol. The second-order valence-corrected chi connectivity index (χ2v) is 9.15. The Balaban J connectivity index is 2.39. The van der Waals surface area contributed by atoms with Crippen LogP contribution in [0, 0.1) is 0 Å². The summed E-state index contributed by atoms with van der Waals surface area (Å²) in [4.78, 5) is -0.0535. The van der Waals surface area contributed by atoms with Crippen LogP contribution in [-0.2, 0) is 33.5 Å². The fourth-order valence-corrected chi connectivity index (χ4v) is 4.36. The highest BCUT2D eigenvalue weighted by atomic mass is 32.2. The van der Waals surface area contributed by atoms with Crippen molar-refractivity contribution in [2.75, 3.05) is 12.8 Å². The van der Waals surface area contributed by atoms with E-state index in [-0.39, 0.29) is 22.9 Å². The Morgan fingerprint density at radius 2 is 1.83 bits per heavy atom. The van der Waals surface area contributed by atoms with E-state index in [0.717, 1.165) is 11.8 Å². The van der Waals surface area contributed by atoms with Gasteiger partial charge in [-0.2, -0.15) is 9.40 Å². The fourth-order valence-electron chi connectivity index (χ4n) is 2.14. The molecule has 0 unspecified atom stereocenters. The van der Waals surface area contributed by atoms with Crippen molar-refractivity contribution in [2.24, 2.45) is 7.05 Å². The van der Waals surface area contributed by atoms with E-state index in [2.05, 4.69) is 5.10 Å². The van der Waals surface area contributed by atoms with Crippen molar-refractivity contribution in [1.82, 2.24) is 14.1 Å².